The van der Waals surface area contributed by atoms with Gasteiger partial charge >= 0.3 is 6.01 Å². The van der Waals surface area contributed by atoms with Gasteiger partial charge in [0.25, 0.3) is 0 Å². The second-order valence-electron chi connectivity index (χ2n) is 13.6. The van der Waals surface area contributed by atoms with Crippen LogP contribution in [-0.4, -0.2) is 78.2 Å². The largest absolute Gasteiger partial charge is 0.463 e. The van der Waals surface area contributed by atoms with Crippen molar-refractivity contribution in [2.45, 2.75) is 65.0 Å². The number of fused-ring (bicyclic) bond motifs is 2. The molecule has 236 valence electrons. The predicted molar refractivity (Wildman–Crippen MR) is 176 cm³/mol. The number of aromatic nitrogens is 2. The molecule has 2 saturated heterocycles. The summed E-state index contributed by atoms with van der Waals surface area (Å²) in [6, 6.07) is 15.7. The number of hydrogen-bond acceptors (Lipinski definition) is 8. The molecule has 1 aromatic heterocycles. The smallest absolute Gasteiger partial charge is 0.318 e. The zero-order valence-electron chi connectivity index (χ0n) is 26.6. The first kappa shape index (κ1) is 29.8. The van der Waals surface area contributed by atoms with E-state index >= 15 is 0 Å². The molecule has 1 saturated carbocycles. The lowest BCUT2D eigenvalue weighted by molar-refractivity contribution is 0.169. The molecule has 0 radical (unpaired) electrons. The molecule has 0 amide bonds. The Bertz CT molecular complexity index is 1610. The lowest BCUT2D eigenvalue weighted by Crippen LogP contribution is -2.51. The first-order chi connectivity index (χ1) is 21.9. The molecule has 9 heteroatoms. The fraction of sp³-hybridized carbons (Fsp3) is 0.528. The maximum atomic E-state index is 13.9. The van der Waals surface area contributed by atoms with Crippen LogP contribution in [0.15, 0.2) is 48.4 Å². The SMILES string of the molecule is CC(F)=CN1CCN(c2nc(OCC3(CN4CCCC4)CC3)nc3c2CCN(c2cccc4cccc(C)c24)C3)C[C@@H]1CC#N. The third kappa shape index (κ3) is 6.30. The van der Waals surface area contributed by atoms with E-state index in [1.54, 1.807) is 6.20 Å². The van der Waals surface area contributed by atoms with Gasteiger partial charge in [-0.2, -0.15) is 15.2 Å². The first-order valence-electron chi connectivity index (χ1n) is 16.6. The maximum absolute atomic E-state index is 13.9. The number of piperazine rings is 1. The van der Waals surface area contributed by atoms with E-state index in [0.29, 0.717) is 45.2 Å². The van der Waals surface area contributed by atoms with Gasteiger partial charge in [-0.25, -0.2) is 4.39 Å². The third-order valence-electron chi connectivity index (χ3n) is 10.2. The number of benzene rings is 2. The number of likely N-dealkylation sites (tertiary alicyclic amines) is 1. The van der Waals surface area contributed by atoms with Crippen molar-refractivity contribution in [3.05, 3.63) is 65.2 Å². The van der Waals surface area contributed by atoms with Gasteiger partial charge in [0.15, 0.2) is 0 Å². The van der Waals surface area contributed by atoms with Gasteiger partial charge < -0.3 is 24.3 Å². The molecule has 1 atom stereocenters. The minimum atomic E-state index is -0.242. The summed E-state index contributed by atoms with van der Waals surface area (Å²) in [5, 5.41) is 12.1. The molecule has 4 heterocycles. The Balaban J connectivity index is 1.20. The Morgan fingerprint density at radius 3 is 2.62 bits per heavy atom. The first-order valence-corrected chi connectivity index (χ1v) is 16.6. The summed E-state index contributed by atoms with van der Waals surface area (Å²) in [6.45, 7) is 11.2. The summed E-state index contributed by atoms with van der Waals surface area (Å²) in [4.78, 5) is 19.4. The summed E-state index contributed by atoms with van der Waals surface area (Å²) in [5.41, 5.74) is 4.88. The Labute approximate surface area is 266 Å². The molecule has 0 spiro atoms. The molecule has 3 aliphatic heterocycles. The van der Waals surface area contributed by atoms with Crippen LogP contribution in [0.4, 0.5) is 15.9 Å². The zero-order chi connectivity index (χ0) is 31.0. The van der Waals surface area contributed by atoms with E-state index in [-0.39, 0.29) is 17.3 Å². The lowest BCUT2D eigenvalue weighted by Gasteiger charge is -2.42. The van der Waals surface area contributed by atoms with Crippen molar-refractivity contribution in [2.24, 2.45) is 5.41 Å². The van der Waals surface area contributed by atoms with Gasteiger partial charge in [0.1, 0.15) is 11.6 Å². The topological polar surface area (TPSA) is 71.8 Å². The van der Waals surface area contributed by atoms with Gasteiger partial charge in [-0.1, -0.05) is 30.3 Å². The fourth-order valence-electron chi connectivity index (χ4n) is 7.59. The molecule has 0 bridgehead atoms. The highest BCUT2D eigenvalue weighted by atomic mass is 19.1. The van der Waals surface area contributed by atoms with Crippen LogP contribution >= 0.6 is 0 Å². The summed E-state index contributed by atoms with van der Waals surface area (Å²) in [5.74, 6) is 0.671. The molecule has 1 aliphatic carbocycles. The van der Waals surface area contributed by atoms with Crippen LogP contribution in [0.2, 0.25) is 0 Å². The predicted octanol–water partition coefficient (Wildman–Crippen LogP) is 5.99. The minimum absolute atomic E-state index is 0.113. The van der Waals surface area contributed by atoms with E-state index in [2.05, 4.69) is 64.1 Å². The number of aryl methyl sites for hydroxylation is 1. The highest BCUT2D eigenvalue weighted by Gasteiger charge is 2.45. The Morgan fingerprint density at radius 2 is 1.87 bits per heavy atom. The van der Waals surface area contributed by atoms with Crippen molar-refractivity contribution in [2.75, 3.05) is 62.2 Å². The molecular weight excluding hydrogens is 565 g/mol. The molecule has 0 N–H and O–H groups in total. The van der Waals surface area contributed by atoms with Crippen LogP contribution in [0.25, 0.3) is 10.8 Å². The minimum Gasteiger partial charge on any atom is -0.463 e. The number of halogens is 1. The van der Waals surface area contributed by atoms with Gasteiger partial charge in [-0.3, -0.25) is 0 Å². The van der Waals surface area contributed by atoms with Crippen LogP contribution in [0.3, 0.4) is 0 Å². The van der Waals surface area contributed by atoms with E-state index < -0.39 is 0 Å². The molecular formula is C36H44FN7O. The van der Waals surface area contributed by atoms with Gasteiger partial charge in [0.2, 0.25) is 0 Å². The standard InChI is InChI=1S/C36H44FN7O/c1-26-7-5-8-28-9-6-10-32(33(26)28)43-18-12-30-31(23-43)39-35(45-25-36(13-14-36)24-41-16-3-4-17-41)40-34(30)44-20-19-42(21-27(2)37)29(22-44)11-15-38/h5-10,21,29H,3-4,11-14,16-20,22-25H2,1-2H3/t29-/m0/s1. The molecule has 2 aromatic carbocycles. The second kappa shape index (κ2) is 12.5. The van der Waals surface area contributed by atoms with Crippen LogP contribution in [-0.2, 0) is 13.0 Å². The summed E-state index contributed by atoms with van der Waals surface area (Å²) in [6.07, 6.45) is 7.65. The average Bonchev–Trinajstić information content (AvgIpc) is 3.61. The lowest BCUT2D eigenvalue weighted by atomic mass is 9.99. The van der Waals surface area contributed by atoms with E-state index in [0.717, 1.165) is 36.6 Å². The normalized spacial score (nSPS) is 21.6. The number of rotatable bonds is 9. The second-order valence-corrected chi connectivity index (χ2v) is 13.6. The summed E-state index contributed by atoms with van der Waals surface area (Å²) < 4.78 is 20.4. The van der Waals surface area contributed by atoms with Crippen molar-refractivity contribution in [1.29, 1.82) is 5.26 Å². The number of allylic oxidation sites excluding steroid dienone is 1. The van der Waals surface area contributed by atoms with Crippen molar-refractivity contribution in [1.82, 2.24) is 19.8 Å². The number of anilines is 2. The number of hydrogen-bond donors (Lipinski definition) is 0. The van der Waals surface area contributed by atoms with Crippen molar-refractivity contribution >= 4 is 22.3 Å². The van der Waals surface area contributed by atoms with Crippen molar-refractivity contribution < 1.29 is 9.13 Å². The molecule has 7 rings (SSSR count). The Hall–Kier alpha value is -3.90. The highest BCUT2D eigenvalue weighted by molar-refractivity contribution is 5.97. The quantitative estimate of drug-likeness (QED) is 0.293. The number of nitrogens with zero attached hydrogens (tertiary/aromatic N) is 7. The van der Waals surface area contributed by atoms with Crippen molar-refractivity contribution in [3.8, 4) is 12.1 Å². The van der Waals surface area contributed by atoms with Gasteiger partial charge in [-0.15, -0.1) is 0 Å². The highest BCUT2D eigenvalue weighted by Crippen LogP contribution is 2.47. The molecule has 8 nitrogen and oxygen atoms in total. The summed E-state index contributed by atoms with van der Waals surface area (Å²) in [7, 11) is 0. The van der Waals surface area contributed by atoms with E-state index in [4.69, 9.17) is 14.7 Å². The van der Waals surface area contributed by atoms with Crippen molar-refractivity contribution in [3.63, 3.8) is 0 Å². The monoisotopic (exact) mass is 609 g/mol. The van der Waals surface area contributed by atoms with Gasteiger partial charge in [-0.05, 0) is 76.1 Å². The van der Waals surface area contributed by atoms with Crippen LogP contribution in [0, 0.1) is 23.7 Å². The van der Waals surface area contributed by atoms with E-state index in [1.807, 2.05) is 4.90 Å². The molecule has 45 heavy (non-hydrogen) atoms. The van der Waals surface area contributed by atoms with E-state index in [1.165, 1.54) is 67.7 Å². The third-order valence-corrected chi connectivity index (χ3v) is 10.2. The summed E-state index contributed by atoms with van der Waals surface area (Å²) >= 11 is 0. The maximum Gasteiger partial charge on any atom is 0.318 e. The zero-order valence-corrected chi connectivity index (χ0v) is 26.6. The van der Waals surface area contributed by atoms with Gasteiger partial charge in [0, 0.05) is 61.0 Å². The Morgan fingerprint density at radius 1 is 1.07 bits per heavy atom. The molecule has 3 aromatic rings. The van der Waals surface area contributed by atoms with E-state index in [9.17, 15) is 9.65 Å². The molecule has 0 unspecified atom stereocenters. The fourth-order valence-corrected chi connectivity index (χ4v) is 7.59. The van der Waals surface area contributed by atoms with Crippen LogP contribution in [0.5, 0.6) is 6.01 Å². The van der Waals surface area contributed by atoms with Crippen LogP contribution in [0.1, 0.15) is 55.8 Å². The van der Waals surface area contributed by atoms with Crippen LogP contribution < -0.4 is 14.5 Å². The average molecular weight is 610 g/mol. The molecule has 3 fully saturated rings. The van der Waals surface area contributed by atoms with Gasteiger partial charge in [0.05, 0.1) is 37.4 Å². The number of ether oxygens (including phenoxy) is 1. The molecule has 4 aliphatic rings. The number of nitriles is 1. The Kier molecular flexibility index (Phi) is 8.26.